The quantitative estimate of drug-likeness (QED) is 0.841. The first-order valence-corrected chi connectivity index (χ1v) is 8.34. The van der Waals surface area contributed by atoms with Gasteiger partial charge in [-0.2, -0.15) is 0 Å². The molecule has 0 aliphatic heterocycles. The number of benzene rings is 1. The van der Waals surface area contributed by atoms with Crippen LogP contribution >= 0.6 is 0 Å². The Kier molecular flexibility index (Phi) is 3.35. The van der Waals surface area contributed by atoms with E-state index in [1.165, 1.54) is 25.0 Å². The summed E-state index contributed by atoms with van der Waals surface area (Å²) in [5.74, 6) is -0.174. The van der Waals surface area contributed by atoms with Crippen LogP contribution in [0, 0.1) is 17.2 Å². The second kappa shape index (κ2) is 4.79. The zero-order chi connectivity index (χ0) is 14.4. The maximum Gasteiger partial charge on any atom is 0.243 e. The summed E-state index contributed by atoms with van der Waals surface area (Å²) in [6.07, 6.45) is 4.49. The third-order valence-electron chi connectivity index (χ3n) is 4.42. The van der Waals surface area contributed by atoms with Crippen LogP contribution in [-0.2, 0) is 16.6 Å². The van der Waals surface area contributed by atoms with Gasteiger partial charge in [0.15, 0.2) is 0 Å². The topological polar surface area (TPSA) is 66.4 Å². The molecule has 4 nitrogen and oxygen atoms in total. The van der Waals surface area contributed by atoms with E-state index < -0.39 is 15.8 Å². The Morgan fingerprint density at radius 3 is 2.55 bits per heavy atom. The van der Waals surface area contributed by atoms with Gasteiger partial charge in [-0.25, -0.2) is 17.5 Å². The summed E-state index contributed by atoms with van der Waals surface area (Å²) in [4.78, 5) is -0.346. The zero-order valence-electron chi connectivity index (χ0n) is 11.1. The summed E-state index contributed by atoms with van der Waals surface area (Å²) < 4.78 is 40.7. The van der Waals surface area contributed by atoms with E-state index in [1.807, 2.05) is 0 Å². The average molecular weight is 299 g/mol. The van der Waals surface area contributed by atoms with E-state index in [9.17, 15) is 12.8 Å². The van der Waals surface area contributed by atoms with Crippen molar-refractivity contribution >= 4 is 10.0 Å². The van der Waals surface area contributed by atoms with Crippen LogP contribution in [0.15, 0.2) is 23.1 Å². The van der Waals surface area contributed by atoms with Gasteiger partial charge in [0.05, 0.1) is 6.61 Å². The molecule has 2 aliphatic carbocycles. The Bertz CT molecular complexity index is 621. The molecule has 20 heavy (non-hydrogen) atoms. The number of hydrogen-bond donors (Lipinski definition) is 2. The molecule has 0 radical (unpaired) electrons. The lowest BCUT2D eigenvalue weighted by atomic mass is 10.0. The highest BCUT2D eigenvalue weighted by Gasteiger charge is 2.53. The van der Waals surface area contributed by atoms with Crippen molar-refractivity contribution in [2.24, 2.45) is 11.3 Å². The number of sulfonamides is 1. The fourth-order valence-electron chi connectivity index (χ4n) is 2.76. The van der Waals surface area contributed by atoms with Crippen LogP contribution in [0.4, 0.5) is 4.39 Å². The van der Waals surface area contributed by atoms with Crippen LogP contribution in [0.25, 0.3) is 0 Å². The van der Waals surface area contributed by atoms with Gasteiger partial charge in [-0.3, -0.25) is 0 Å². The minimum Gasteiger partial charge on any atom is -0.392 e. The molecule has 2 saturated carbocycles. The maximum absolute atomic E-state index is 13.8. The van der Waals surface area contributed by atoms with Gasteiger partial charge in [0.1, 0.15) is 10.7 Å². The maximum atomic E-state index is 13.8. The van der Waals surface area contributed by atoms with Crippen molar-refractivity contribution in [3.8, 4) is 0 Å². The predicted molar refractivity (Wildman–Crippen MR) is 71.9 cm³/mol. The highest BCUT2D eigenvalue weighted by Crippen LogP contribution is 2.60. The van der Waals surface area contributed by atoms with Gasteiger partial charge in [0, 0.05) is 6.54 Å². The van der Waals surface area contributed by atoms with Crippen molar-refractivity contribution in [2.45, 2.75) is 37.2 Å². The molecule has 0 saturated heterocycles. The molecule has 6 heteroatoms. The van der Waals surface area contributed by atoms with Crippen LogP contribution in [0.5, 0.6) is 0 Å². The fraction of sp³-hybridized carbons (Fsp3) is 0.571. The van der Waals surface area contributed by atoms with E-state index in [1.54, 1.807) is 0 Å². The lowest BCUT2D eigenvalue weighted by Crippen LogP contribution is -2.31. The van der Waals surface area contributed by atoms with Crippen LogP contribution in [0.3, 0.4) is 0 Å². The average Bonchev–Trinajstić information content (AvgIpc) is 3.27. The molecule has 0 heterocycles. The summed E-state index contributed by atoms with van der Waals surface area (Å²) >= 11 is 0. The van der Waals surface area contributed by atoms with E-state index in [-0.39, 0.29) is 16.9 Å². The zero-order valence-corrected chi connectivity index (χ0v) is 11.9. The van der Waals surface area contributed by atoms with Gasteiger partial charge in [0.2, 0.25) is 10.0 Å². The molecule has 0 atom stereocenters. The fourth-order valence-corrected chi connectivity index (χ4v) is 3.96. The van der Waals surface area contributed by atoms with Gasteiger partial charge in [0.25, 0.3) is 0 Å². The number of nitrogens with one attached hydrogen (secondary N) is 1. The van der Waals surface area contributed by atoms with Gasteiger partial charge < -0.3 is 5.11 Å². The smallest absolute Gasteiger partial charge is 0.243 e. The van der Waals surface area contributed by atoms with Crippen molar-refractivity contribution in [3.05, 3.63) is 29.6 Å². The molecule has 0 bridgehead atoms. The molecule has 0 amide bonds. The SMILES string of the molecule is O=S(=O)(NCC1(C2CC2)CC1)c1ccc(CO)cc1F. The van der Waals surface area contributed by atoms with E-state index in [2.05, 4.69) is 4.72 Å². The van der Waals surface area contributed by atoms with Gasteiger partial charge in [-0.05, 0) is 54.7 Å². The first-order chi connectivity index (χ1) is 9.47. The van der Waals surface area contributed by atoms with Crippen molar-refractivity contribution in [3.63, 3.8) is 0 Å². The minimum atomic E-state index is -3.82. The predicted octanol–water partition coefficient (Wildman–Crippen LogP) is 1.79. The summed E-state index contributed by atoms with van der Waals surface area (Å²) in [5, 5.41) is 8.91. The van der Waals surface area contributed by atoms with Gasteiger partial charge in [-0.1, -0.05) is 6.07 Å². The second-order valence-electron chi connectivity index (χ2n) is 5.88. The Hall–Kier alpha value is -0.980. The van der Waals surface area contributed by atoms with Crippen LogP contribution < -0.4 is 4.72 Å². The molecule has 110 valence electrons. The highest BCUT2D eigenvalue weighted by molar-refractivity contribution is 7.89. The highest BCUT2D eigenvalue weighted by atomic mass is 32.2. The monoisotopic (exact) mass is 299 g/mol. The number of aliphatic hydroxyl groups is 1. The summed E-state index contributed by atoms with van der Waals surface area (Å²) in [6.45, 7) is 0.0939. The second-order valence-corrected chi connectivity index (χ2v) is 7.62. The van der Waals surface area contributed by atoms with Crippen molar-refractivity contribution in [2.75, 3.05) is 6.54 Å². The normalized spacial score (nSPS) is 20.9. The Balaban J connectivity index is 1.74. The number of aliphatic hydroxyl groups excluding tert-OH is 1. The number of halogens is 1. The molecule has 2 aliphatic rings. The lowest BCUT2D eigenvalue weighted by Gasteiger charge is -2.15. The number of hydrogen-bond acceptors (Lipinski definition) is 3. The van der Waals surface area contributed by atoms with Crippen LogP contribution in [0.1, 0.15) is 31.2 Å². The summed E-state index contributed by atoms with van der Waals surface area (Å²) in [6, 6.07) is 3.69. The molecule has 1 aromatic carbocycles. The molecule has 2 fully saturated rings. The Morgan fingerprint density at radius 2 is 2.05 bits per heavy atom. The first kappa shape index (κ1) is 14.0. The molecular weight excluding hydrogens is 281 g/mol. The van der Waals surface area contributed by atoms with E-state index in [0.29, 0.717) is 18.0 Å². The third kappa shape index (κ3) is 2.60. The number of rotatable bonds is 6. The lowest BCUT2D eigenvalue weighted by molar-refractivity contribution is 0.281. The van der Waals surface area contributed by atoms with Crippen molar-refractivity contribution in [1.82, 2.24) is 4.72 Å². The Morgan fingerprint density at radius 1 is 1.35 bits per heavy atom. The molecule has 2 N–H and O–H groups in total. The third-order valence-corrected chi connectivity index (χ3v) is 5.85. The summed E-state index contributed by atoms with van der Waals surface area (Å²) in [7, 11) is -3.82. The van der Waals surface area contributed by atoms with E-state index >= 15 is 0 Å². The standard InChI is InChI=1S/C14H18FNO3S/c15-12-7-10(8-17)1-4-13(12)20(18,19)16-9-14(5-6-14)11-2-3-11/h1,4,7,11,16-17H,2-3,5-6,8-9H2. The molecular formula is C14H18FNO3S. The molecule has 0 aromatic heterocycles. The van der Waals surface area contributed by atoms with E-state index in [4.69, 9.17) is 5.11 Å². The van der Waals surface area contributed by atoms with Gasteiger partial charge in [-0.15, -0.1) is 0 Å². The summed E-state index contributed by atoms with van der Waals surface area (Å²) in [5.41, 5.74) is 0.493. The molecule has 1 aromatic rings. The van der Waals surface area contributed by atoms with Crippen molar-refractivity contribution < 1.29 is 17.9 Å². The van der Waals surface area contributed by atoms with Crippen LogP contribution in [-0.4, -0.2) is 20.1 Å². The Labute approximate surface area is 118 Å². The van der Waals surface area contributed by atoms with Crippen molar-refractivity contribution in [1.29, 1.82) is 0 Å². The van der Waals surface area contributed by atoms with Crippen LogP contribution in [0.2, 0.25) is 0 Å². The molecule has 0 unspecified atom stereocenters. The van der Waals surface area contributed by atoms with Gasteiger partial charge >= 0.3 is 0 Å². The molecule has 3 rings (SSSR count). The minimum absolute atomic E-state index is 0.134. The largest absolute Gasteiger partial charge is 0.392 e. The molecule has 0 spiro atoms. The van der Waals surface area contributed by atoms with E-state index in [0.717, 1.165) is 18.9 Å². The first-order valence-electron chi connectivity index (χ1n) is 6.86.